The predicted molar refractivity (Wildman–Crippen MR) is 113 cm³/mol. The number of rotatable bonds is 5. The van der Waals surface area contributed by atoms with E-state index in [2.05, 4.69) is 10.2 Å². The highest BCUT2D eigenvalue weighted by Crippen LogP contribution is 2.29. The molecule has 0 amide bonds. The maximum atomic E-state index is 13.2. The smallest absolute Gasteiger partial charge is 0.267 e. The van der Waals surface area contributed by atoms with Crippen molar-refractivity contribution in [1.29, 1.82) is 0 Å². The summed E-state index contributed by atoms with van der Waals surface area (Å²) in [6.45, 7) is 2.83. The zero-order valence-corrected chi connectivity index (χ0v) is 18.1. The van der Waals surface area contributed by atoms with Gasteiger partial charge in [0.2, 0.25) is 10.0 Å². The summed E-state index contributed by atoms with van der Waals surface area (Å²) in [6, 6.07) is 0.167. The van der Waals surface area contributed by atoms with Gasteiger partial charge in [0.25, 0.3) is 5.70 Å². The van der Waals surface area contributed by atoms with Gasteiger partial charge in [0.15, 0.2) is 0 Å². The van der Waals surface area contributed by atoms with Crippen molar-refractivity contribution in [2.75, 3.05) is 39.4 Å². The van der Waals surface area contributed by atoms with Crippen LogP contribution in [0.1, 0.15) is 19.3 Å². The van der Waals surface area contributed by atoms with Crippen LogP contribution < -0.4 is 5.32 Å². The fraction of sp³-hybridized carbons (Fsp3) is 0.722. The molecule has 4 aliphatic rings. The molecule has 2 N–H and O–H groups in total. The highest BCUT2D eigenvalue weighted by Gasteiger charge is 2.41. The number of nitro groups is 1. The van der Waals surface area contributed by atoms with Crippen molar-refractivity contribution in [3.05, 3.63) is 32.9 Å². The molecule has 3 fully saturated rings. The van der Waals surface area contributed by atoms with Crippen molar-refractivity contribution in [3.63, 3.8) is 0 Å². The van der Waals surface area contributed by atoms with Crippen LogP contribution in [0.25, 0.3) is 0 Å². The van der Waals surface area contributed by atoms with E-state index in [1.165, 1.54) is 10.4 Å². The second kappa shape index (κ2) is 8.69. The third-order valence-corrected chi connectivity index (χ3v) is 8.62. The zero-order chi connectivity index (χ0) is 21.5. The Balaban J connectivity index is 1.48. The number of piperidine rings is 1. The minimum atomic E-state index is -3.92. The number of ether oxygens (including phenoxy) is 1. The molecule has 2 bridgehead atoms. The largest absolute Gasteiger partial charge is 0.393 e. The standard InChI is InChI=1S/C18H26N4O6S2/c23-16-5-14-10-28-11-15(6-16)21(14)9-12-8-20(4-3-19-12)30(26,27)18-7-13(22(24)25)1-2-17(18)29/h1,7,12,14-16,19,23H,2-6,8-11H2/t12-,14?,15?,16?/m1/s1. The molecular formula is C18H26N4O6S2. The summed E-state index contributed by atoms with van der Waals surface area (Å²) in [7, 11) is -3.92. The molecule has 0 spiro atoms. The lowest BCUT2D eigenvalue weighted by atomic mass is 9.91. The summed E-state index contributed by atoms with van der Waals surface area (Å²) in [5.74, 6) is 0. The van der Waals surface area contributed by atoms with Gasteiger partial charge in [-0.1, -0.05) is 12.2 Å². The molecule has 166 valence electrons. The molecule has 10 nitrogen and oxygen atoms in total. The van der Waals surface area contributed by atoms with Crippen LogP contribution in [-0.2, 0) is 14.8 Å². The highest BCUT2D eigenvalue weighted by molar-refractivity contribution is 7.96. The van der Waals surface area contributed by atoms with E-state index in [-0.39, 0.29) is 59.2 Å². The zero-order valence-electron chi connectivity index (χ0n) is 16.5. The molecular weight excluding hydrogens is 432 g/mol. The Morgan fingerprint density at radius 1 is 1.33 bits per heavy atom. The lowest BCUT2D eigenvalue weighted by molar-refractivity contribution is -0.419. The number of nitrogens with one attached hydrogen (secondary N) is 1. The first-order valence-electron chi connectivity index (χ1n) is 10.1. The van der Waals surface area contributed by atoms with Gasteiger partial charge in [-0.25, -0.2) is 8.42 Å². The summed E-state index contributed by atoms with van der Waals surface area (Å²) in [5, 5.41) is 24.5. The molecule has 3 atom stereocenters. The normalized spacial score (nSPS) is 33.7. The molecule has 4 rings (SSSR count). The minimum absolute atomic E-state index is 0.0751. The fourth-order valence-corrected chi connectivity index (χ4v) is 6.79. The van der Waals surface area contributed by atoms with Crippen LogP contribution >= 0.6 is 12.2 Å². The van der Waals surface area contributed by atoms with E-state index in [1.54, 1.807) is 0 Å². The van der Waals surface area contributed by atoms with Gasteiger partial charge in [-0.05, 0) is 18.9 Å². The summed E-state index contributed by atoms with van der Waals surface area (Å²) in [5.41, 5.74) is -0.242. The minimum Gasteiger partial charge on any atom is -0.393 e. The van der Waals surface area contributed by atoms with E-state index in [9.17, 15) is 23.6 Å². The maximum Gasteiger partial charge on any atom is 0.267 e. The van der Waals surface area contributed by atoms with Gasteiger partial charge < -0.3 is 15.2 Å². The number of sulfonamides is 1. The summed E-state index contributed by atoms with van der Waals surface area (Å²) < 4.78 is 33.5. The molecule has 2 unspecified atom stereocenters. The van der Waals surface area contributed by atoms with Crippen molar-refractivity contribution in [2.45, 2.75) is 43.5 Å². The second-order valence-corrected chi connectivity index (χ2v) is 10.6. The Kier molecular flexibility index (Phi) is 6.35. The van der Waals surface area contributed by atoms with Gasteiger partial charge in [0.05, 0.1) is 24.2 Å². The van der Waals surface area contributed by atoms with Crippen LogP contribution in [-0.4, -0.2) is 96.1 Å². The van der Waals surface area contributed by atoms with E-state index in [0.29, 0.717) is 39.1 Å². The number of nitrogens with zero attached hydrogens (tertiary/aromatic N) is 3. The number of hydrogen-bond donors (Lipinski definition) is 2. The second-order valence-electron chi connectivity index (χ2n) is 8.20. The van der Waals surface area contributed by atoms with Crippen molar-refractivity contribution in [2.24, 2.45) is 0 Å². The van der Waals surface area contributed by atoms with E-state index in [1.807, 2.05) is 0 Å². The van der Waals surface area contributed by atoms with Crippen LogP contribution in [0.3, 0.4) is 0 Å². The van der Waals surface area contributed by atoms with Crippen molar-refractivity contribution < 1.29 is 23.2 Å². The van der Waals surface area contributed by atoms with Crippen molar-refractivity contribution >= 4 is 27.1 Å². The third-order valence-electron chi connectivity index (χ3n) is 6.18. The molecule has 30 heavy (non-hydrogen) atoms. The molecule has 12 heteroatoms. The first-order valence-corrected chi connectivity index (χ1v) is 11.9. The molecule has 0 aromatic rings. The molecule has 3 aliphatic heterocycles. The number of hydrogen-bond acceptors (Lipinski definition) is 9. The van der Waals surface area contributed by atoms with Gasteiger partial charge in [-0.3, -0.25) is 15.0 Å². The number of aliphatic hydroxyl groups is 1. The van der Waals surface area contributed by atoms with Gasteiger partial charge in [0.1, 0.15) is 4.91 Å². The number of aliphatic hydroxyl groups excluding tert-OH is 1. The third kappa shape index (κ3) is 4.35. The summed E-state index contributed by atoms with van der Waals surface area (Å²) in [6.07, 6.45) is 3.48. The first kappa shape index (κ1) is 21.9. The lowest BCUT2D eigenvalue weighted by Crippen LogP contribution is -2.63. The van der Waals surface area contributed by atoms with Crippen molar-refractivity contribution in [3.8, 4) is 0 Å². The predicted octanol–water partition coefficient (Wildman–Crippen LogP) is -0.368. The Morgan fingerprint density at radius 2 is 2.03 bits per heavy atom. The van der Waals surface area contributed by atoms with Gasteiger partial charge in [0, 0.05) is 61.7 Å². The number of piperazine rings is 1. The van der Waals surface area contributed by atoms with Gasteiger partial charge in [-0.2, -0.15) is 4.31 Å². The molecule has 0 aromatic carbocycles. The Bertz CT molecular complexity index is 875. The van der Waals surface area contributed by atoms with Gasteiger partial charge >= 0.3 is 0 Å². The first-order chi connectivity index (χ1) is 14.3. The van der Waals surface area contributed by atoms with Crippen molar-refractivity contribution in [1.82, 2.24) is 14.5 Å². The number of morpholine rings is 1. The van der Waals surface area contributed by atoms with Crippen LogP contribution in [0.2, 0.25) is 0 Å². The Labute approximate surface area is 180 Å². The molecule has 0 saturated carbocycles. The Hall–Kier alpha value is -1.28. The Morgan fingerprint density at radius 3 is 2.70 bits per heavy atom. The van der Waals surface area contributed by atoms with E-state index in [4.69, 9.17) is 17.0 Å². The lowest BCUT2D eigenvalue weighted by Gasteiger charge is -2.49. The summed E-state index contributed by atoms with van der Waals surface area (Å²) in [4.78, 5) is 12.9. The fourth-order valence-electron chi connectivity index (χ4n) is 4.71. The number of fused-ring (bicyclic) bond motifs is 2. The van der Waals surface area contributed by atoms with Crippen LogP contribution in [0.15, 0.2) is 22.8 Å². The van der Waals surface area contributed by atoms with Crippen LogP contribution in [0.5, 0.6) is 0 Å². The highest BCUT2D eigenvalue weighted by atomic mass is 32.2. The molecule has 3 saturated heterocycles. The van der Waals surface area contributed by atoms with E-state index in [0.717, 1.165) is 6.08 Å². The quantitative estimate of drug-likeness (QED) is 0.322. The molecule has 3 heterocycles. The average molecular weight is 459 g/mol. The monoisotopic (exact) mass is 458 g/mol. The van der Waals surface area contributed by atoms with E-state index < -0.39 is 14.9 Å². The topological polar surface area (TPSA) is 125 Å². The van der Waals surface area contributed by atoms with Crippen LogP contribution in [0, 0.1) is 10.1 Å². The number of thiocarbonyl (C=S) groups is 1. The summed E-state index contributed by atoms with van der Waals surface area (Å²) >= 11 is 5.21. The van der Waals surface area contributed by atoms with Gasteiger partial charge in [-0.15, -0.1) is 0 Å². The SMILES string of the molecule is O=[N+]([O-])C1=CCC(=S)C(S(=O)(=O)N2CCN[C@@H](CN3C4COCC3CC(O)C4)C2)=C1. The molecule has 0 aromatic heterocycles. The molecule has 1 aliphatic carbocycles. The average Bonchev–Trinajstić information content (AvgIpc) is 2.69. The number of allylic oxidation sites excluding steroid dienone is 3. The maximum absolute atomic E-state index is 13.2. The van der Waals surface area contributed by atoms with Crippen LogP contribution in [0.4, 0.5) is 0 Å². The van der Waals surface area contributed by atoms with E-state index >= 15 is 0 Å². The molecule has 0 radical (unpaired) electrons.